The van der Waals surface area contributed by atoms with Crippen LogP contribution in [0.1, 0.15) is 23.7 Å². The molecule has 7 nitrogen and oxygen atoms in total. The van der Waals surface area contributed by atoms with Crippen LogP contribution in [0.15, 0.2) is 55.0 Å². The van der Waals surface area contributed by atoms with E-state index in [9.17, 15) is 9.50 Å². The Morgan fingerprint density at radius 3 is 2.63 bits per heavy atom. The Balaban J connectivity index is 1.63. The standard InChI is InChI=1S/C27H28FN5O2/c1-5-31-15-27(16-34,21-7-9-22(28)10-8-21)33-19(3)23(30-26(31)33)12-20-6-11-24(25(13-20)35-4)32-14-18(2)29-17-32/h6-14,17,34H,3,5,15-16H2,1-2,4H3/b23-12-. The minimum absolute atomic E-state index is 0.159. The number of aryl methyl sites for hydroxylation is 1. The smallest absolute Gasteiger partial charge is 0.207 e. The van der Waals surface area contributed by atoms with Gasteiger partial charge in [0.2, 0.25) is 5.95 Å². The zero-order valence-electron chi connectivity index (χ0n) is 20.1. The monoisotopic (exact) mass is 473 g/mol. The summed E-state index contributed by atoms with van der Waals surface area (Å²) in [4.78, 5) is 11.3. The van der Waals surface area contributed by atoms with Gasteiger partial charge in [-0.3, -0.25) is 4.57 Å². The highest BCUT2D eigenvalue weighted by Crippen LogP contribution is 2.35. The van der Waals surface area contributed by atoms with Crippen molar-refractivity contribution in [1.29, 1.82) is 0 Å². The second-order valence-corrected chi connectivity index (χ2v) is 8.79. The molecule has 0 fully saturated rings. The summed E-state index contributed by atoms with van der Waals surface area (Å²) >= 11 is 0. The van der Waals surface area contributed by atoms with Gasteiger partial charge in [-0.15, -0.1) is 0 Å². The molecular weight excluding hydrogens is 445 g/mol. The summed E-state index contributed by atoms with van der Waals surface area (Å²) in [5.74, 6) is 1.13. The van der Waals surface area contributed by atoms with Gasteiger partial charge in [0.1, 0.15) is 17.1 Å². The van der Waals surface area contributed by atoms with Gasteiger partial charge in [0, 0.05) is 12.7 Å². The zero-order valence-corrected chi connectivity index (χ0v) is 20.1. The van der Waals surface area contributed by atoms with Crippen LogP contribution in [0.5, 0.6) is 5.75 Å². The maximum absolute atomic E-state index is 13.6. The quantitative estimate of drug-likeness (QED) is 0.466. The summed E-state index contributed by atoms with van der Waals surface area (Å²) in [5, 5.41) is 12.0. The van der Waals surface area contributed by atoms with Crippen LogP contribution in [0, 0.1) is 12.7 Å². The number of hydrogen-bond acceptors (Lipinski definition) is 5. The number of aromatic nitrogens is 4. The molecule has 1 N–H and O–H groups in total. The molecule has 1 atom stereocenters. The predicted molar refractivity (Wildman–Crippen MR) is 134 cm³/mol. The van der Waals surface area contributed by atoms with Crippen LogP contribution in [0.25, 0.3) is 18.3 Å². The van der Waals surface area contributed by atoms with E-state index in [-0.39, 0.29) is 12.4 Å². The van der Waals surface area contributed by atoms with Crippen LogP contribution in [0.2, 0.25) is 0 Å². The van der Waals surface area contributed by atoms with Gasteiger partial charge in [-0.25, -0.2) is 14.4 Å². The number of rotatable bonds is 6. The minimum atomic E-state index is -0.796. The molecule has 0 saturated carbocycles. The maximum Gasteiger partial charge on any atom is 0.207 e. The van der Waals surface area contributed by atoms with Crippen molar-refractivity contribution in [3.8, 4) is 11.4 Å². The molecule has 35 heavy (non-hydrogen) atoms. The lowest BCUT2D eigenvalue weighted by Crippen LogP contribution is -2.48. The Hall–Kier alpha value is -3.91. The van der Waals surface area contributed by atoms with Crippen LogP contribution in [-0.2, 0) is 5.54 Å². The highest BCUT2D eigenvalue weighted by atomic mass is 19.1. The van der Waals surface area contributed by atoms with E-state index < -0.39 is 5.54 Å². The minimum Gasteiger partial charge on any atom is -0.495 e. The lowest BCUT2D eigenvalue weighted by Gasteiger charge is -2.30. The third kappa shape index (κ3) is 3.70. The number of likely N-dealkylation sites (N-methyl/N-ethyl adjacent to an activating group) is 1. The molecule has 1 aliphatic rings. The summed E-state index contributed by atoms with van der Waals surface area (Å²) in [6, 6.07) is 12.2. The number of aliphatic hydroxyl groups is 1. The first-order chi connectivity index (χ1) is 16.9. The van der Waals surface area contributed by atoms with Crippen LogP contribution in [-0.4, -0.2) is 51.0 Å². The Morgan fingerprint density at radius 1 is 1.23 bits per heavy atom. The van der Waals surface area contributed by atoms with Crippen molar-refractivity contribution < 1.29 is 14.2 Å². The molecule has 180 valence electrons. The first-order valence-electron chi connectivity index (χ1n) is 11.5. The average molecular weight is 474 g/mol. The van der Waals surface area contributed by atoms with E-state index in [0.29, 0.717) is 29.5 Å². The number of hydrogen-bond donors (Lipinski definition) is 1. The molecular formula is C27H28FN5O2. The van der Waals surface area contributed by atoms with E-state index >= 15 is 0 Å². The van der Waals surface area contributed by atoms with E-state index in [1.165, 1.54) is 12.1 Å². The molecule has 0 bridgehead atoms. The average Bonchev–Trinajstić information content (AvgIpc) is 3.54. The molecule has 4 aromatic rings. The summed E-state index contributed by atoms with van der Waals surface area (Å²) in [6.07, 6.45) is 5.66. The lowest BCUT2D eigenvalue weighted by molar-refractivity contribution is 0.182. The van der Waals surface area contributed by atoms with Crippen LogP contribution >= 0.6 is 0 Å². The van der Waals surface area contributed by atoms with Crippen molar-refractivity contribution in [3.05, 3.63) is 88.3 Å². The highest BCUT2D eigenvalue weighted by Gasteiger charge is 2.44. The molecule has 0 spiro atoms. The molecule has 3 heterocycles. The van der Waals surface area contributed by atoms with Gasteiger partial charge in [-0.05, 0) is 55.3 Å². The molecule has 0 aliphatic carbocycles. The van der Waals surface area contributed by atoms with Gasteiger partial charge in [0.15, 0.2) is 0 Å². The molecule has 0 saturated heterocycles. The van der Waals surface area contributed by atoms with E-state index in [0.717, 1.165) is 28.5 Å². The normalized spacial score (nSPS) is 17.7. The molecule has 2 aromatic carbocycles. The van der Waals surface area contributed by atoms with Crippen molar-refractivity contribution >= 4 is 18.6 Å². The number of benzene rings is 2. The fraction of sp³-hybridized carbons (Fsp3) is 0.259. The van der Waals surface area contributed by atoms with Gasteiger partial charge in [-0.2, -0.15) is 0 Å². The number of nitrogens with zero attached hydrogens (tertiary/aromatic N) is 5. The zero-order chi connectivity index (χ0) is 24.7. The Morgan fingerprint density at radius 2 is 2.00 bits per heavy atom. The first-order valence-corrected chi connectivity index (χ1v) is 11.5. The van der Waals surface area contributed by atoms with Gasteiger partial charge >= 0.3 is 0 Å². The molecule has 8 heteroatoms. The lowest BCUT2D eigenvalue weighted by atomic mass is 9.90. The van der Waals surface area contributed by atoms with Crippen LogP contribution in [0.4, 0.5) is 10.3 Å². The van der Waals surface area contributed by atoms with Gasteiger partial charge < -0.3 is 19.3 Å². The number of ether oxygens (including phenoxy) is 1. The summed E-state index contributed by atoms with van der Waals surface area (Å²) in [6.45, 7) is 9.40. The van der Waals surface area contributed by atoms with Gasteiger partial charge in [-0.1, -0.05) is 24.8 Å². The van der Waals surface area contributed by atoms with E-state index in [1.807, 2.05) is 53.5 Å². The van der Waals surface area contributed by atoms with E-state index in [4.69, 9.17) is 9.72 Å². The van der Waals surface area contributed by atoms with Gasteiger partial charge in [0.25, 0.3) is 0 Å². The molecule has 1 aliphatic heterocycles. The fourth-order valence-corrected chi connectivity index (χ4v) is 4.85. The molecule has 0 amide bonds. The summed E-state index contributed by atoms with van der Waals surface area (Å²) in [5.41, 5.74) is 2.74. The van der Waals surface area contributed by atoms with Crippen molar-refractivity contribution in [2.24, 2.45) is 0 Å². The number of imidazole rings is 2. The summed E-state index contributed by atoms with van der Waals surface area (Å²) in [7, 11) is 1.64. The second-order valence-electron chi connectivity index (χ2n) is 8.79. The number of fused-ring (bicyclic) bond motifs is 1. The number of halogens is 1. The van der Waals surface area contributed by atoms with Crippen molar-refractivity contribution in [1.82, 2.24) is 19.1 Å². The number of methoxy groups -OCH3 is 1. The van der Waals surface area contributed by atoms with Crippen LogP contribution < -0.4 is 20.3 Å². The molecule has 0 radical (unpaired) electrons. The first kappa shape index (κ1) is 22.9. The summed E-state index contributed by atoms with van der Waals surface area (Å²) < 4.78 is 23.2. The van der Waals surface area contributed by atoms with Crippen molar-refractivity contribution in [2.75, 3.05) is 31.7 Å². The number of anilines is 1. The largest absolute Gasteiger partial charge is 0.495 e. The Labute approximate surface area is 203 Å². The fourth-order valence-electron chi connectivity index (χ4n) is 4.85. The molecule has 2 aromatic heterocycles. The third-order valence-electron chi connectivity index (χ3n) is 6.67. The Kier molecular flexibility index (Phi) is 5.68. The molecule has 1 unspecified atom stereocenters. The molecule has 5 rings (SSSR count). The van der Waals surface area contributed by atoms with E-state index in [1.54, 1.807) is 25.6 Å². The van der Waals surface area contributed by atoms with Crippen LogP contribution in [0.3, 0.4) is 0 Å². The maximum atomic E-state index is 13.6. The topological polar surface area (TPSA) is 68.3 Å². The number of aliphatic hydroxyl groups excluding tert-OH is 1. The van der Waals surface area contributed by atoms with E-state index in [2.05, 4.69) is 16.5 Å². The Bertz CT molecular complexity index is 1490. The predicted octanol–water partition coefficient (Wildman–Crippen LogP) is 2.34. The second kappa shape index (κ2) is 8.70. The van der Waals surface area contributed by atoms with Crippen molar-refractivity contribution in [2.45, 2.75) is 19.4 Å². The third-order valence-corrected chi connectivity index (χ3v) is 6.67. The van der Waals surface area contributed by atoms with Gasteiger partial charge in [0.05, 0.1) is 48.7 Å². The highest BCUT2D eigenvalue weighted by molar-refractivity contribution is 5.59. The van der Waals surface area contributed by atoms with Crippen molar-refractivity contribution in [3.63, 3.8) is 0 Å². The SMILES string of the molecule is C=c1/c(=C/c2ccc(-n3cnc(C)c3)c(OC)c2)nc2n1C(CO)(c1ccc(F)cc1)CN2CC.